The number of unbranched alkanes of at least 4 members (excludes halogenated alkanes) is 27. The first-order valence-corrected chi connectivity index (χ1v) is 24.5. The van der Waals surface area contributed by atoms with Gasteiger partial charge in [-0.3, -0.25) is 14.4 Å². The maximum atomic E-state index is 12.7. The van der Waals surface area contributed by atoms with E-state index in [4.69, 9.17) is 14.2 Å². The van der Waals surface area contributed by atoms with Crippen molar-refractivity contribution in [1.29, 1.82) is 0 Å². The summed E-state index contributed by atoms with van der Waals surface area (Å²) in [5.74, 6) is -0.895. The molecule has 0 amide bonds. The standard InChI is InChI=1S/C51H92O6/c1-4-7-10-13-16-19-22-24-25-27-29-32-35-38-41-44-50(53)56-47-48(46-55-49(52)43-40-37-34-31-28-21-18-15-12-9-6-3)57-51(54)45-42-39-36-33-30-26-23-20-17-14-11-8-5-2/h15-16,18-19,24-25,48H,4-14,17,20-23,26-47H2,1-3H3/b18-15-,19-16-,25-24-/t48-/m0/s1. The van der Waals surface area contributed by atoms with Crippen LogP contribution in [0.5, 0.6) is 0 Å². The molecule has 0 rings (SSSR count). The molecule has 0 aliphatic carbocycles. The fraction of sp³-hybridized carbons (Fsp3) is 0.824. The zero-order valence-corrected chi connectivity index (χ0v) is 37.9. The normalized spacial score (nSPS) is 12.3. The smallest absolute Gasteiger partial charge is 0.306 e. The van der Waals surface area contributed by atoms with E-state index >= 15 is 0 Å². The van der Waals surface area contributed by atoms with E-state index < -0.39 is 6.10 Å². The molecule has 0 bridgehead atoms. The molecule has 0 unspecified atom stereocenters. The molecule has 0 aliphatic heterocycles. The number of hydrogen-bond donors (Lipinski definition) is 0. The SMILES string of the molecule is CCCC/C=C\CCCCCCCC(=O)OC[C@@H](COC(=O)CCCCCCC/C=C\C/C=C\CCCCC)OC(=O)CCCCCCCCCCCCCCC. The molecular weight excluding hydrogens is 709 g/mol. The van der Waals surface area contributed by atoms with Crippen LogP contribution in [0.4, 0.5) is 0 Å². The molecule has 0 aliphatic rings. The van der Waals surface area contributed by atoms with Crippen molar-refractivity contribution in [3.63, 3.8) is 0 Å². The fourth-order valence-corrected chi connectivity index (χ4v) is 6.86. The van der Waals surface area contributed by atoms with Crippen molar-refractivity contribution in [1.82, 2.24) is 0 Å². The summed E-state index contributed by atoms with van der Waals surface area (Å²) in [4.78, 5) is 37.8. The first kappa shape index (κ1) is 54.6. The van der Waals surface area contributed by atoms with Crippen LogP contribution in [0, 0.1) is 0 Å². The lowest BCUT2D eigenvalue weighted by Gasteiger charge is -2.18. The van der Waals surface area contributed by atoms with Gasteiger partial charge in [-0.05, 0) is 70.6 Å². The van der Waals surface area contributed by atoms with Gasteiger partial charge in [-0.2, -0.15) is 0 Å². The lowest BCUT2D eigenvalue weighted by molar-refractivity contribution is -0.167. The highest BCUT2D eigenvalue weighted by Crippen LogP contribution is 2.15. The van der Waals surface area contributed by atoms with Gasteiger partial charge in [0.1, 0.15) is 13.2 Å². The summed E-state index contributed by atoms with van der Waals surface area (Å²) in [5.41, 5.74) is 0. The highest BCUT2D eigenvalue weighted by atomic mass is 16.6. The van der Waals surface area contributed by atoms with E-state index in [2.05, 4.69) is 57.2 Å². The van der Waals surface area contributed by atoms with Crippen LogP contribution in [-0.2, 0) is 28.6 Å². The van der Waals surface area contributed by atoms with Crippen LogP contribution in [0.1, 0.15) is 252 Å². The van der Waals surface area contributed by atoms with Gasteiger partial charge in [0, 0.05) is 19.3 Å². The Bertz CT molecular complexity index is 969. The third kappa shape index (κ3) is 44.6. The van der Waals surface area contributed by atoms with E-state index in [0.29, 0.717) is 19.3 Å². The molecule has 0 N–H and O–H groups in total. The van der Waals surface area contributed by atoms with Gasteiger partial charge in [0.25, 0.3) is 0 Å². The number of rotatable bonds is 44. The zero-order valence-electron chi connectivity index (χ0n) is 37.9. The Hall–Kier alpha value is -2.37. The zero-order chi connectivity index (χ0) is 41.5. The van der Waals surface area contributed by atoms with Crippen LogP contribution in [0.15, 0.2) is 36.5 Å². The predicted octanol–water partition coefficient (Wildman–Crippen LogP) is 15.8. The van der Waals surface area contributed by atoms with E-state index in [1.54, 1.807) is 0 Å². The Labute approximate surface area is 353 Å². The van der Waals surface area contributed by atoms with E-state index in [0.717, 1.165) is 83.5 Å². The van der Waals surface area contributed by atoms with E-state index in [1.165, 1.54) is 128 Å². The Morgan fingerprint density at radius 1 is 0.351 bits per heavy atom. The average molecular weight is 801 g/mol. The summed E-state index contributed by atoms with van der Waals surface area (Å²) in [5, 5.41) is 0. The molecule has 6 heteroatoms. The van der Waals surface area contributed by atoms with Crippen molar-refractivity contribution in [3.05, 3.63) is 36.5 Å². The van der Waals surface area contributed by atoms with Crippen molar-refractivity contribution < 1.29 is 28.6 Å². The quantitative estimate of drug-likeness (QED) is 0.0264. The minimum Gasteiger partial charge on any atom is -0.462 e. The molecule has 0 aromatic rings. The van der Waals surface area contributed by atoms with Crippen molar-refractivity contribution in [2.24, 2.45) is 0 Å². The second kappa shape index (κ2) is 46.3. The molecule has 0 aromatic heterocycles. The molecular formula is C51H92O6. The van der Waals surface area contributed by atoms with Crippen LogP contribution in [0.2, 0.25) is 0 Å². The van der Waals surface area contributed by atoms with Crippen LogP contribution >= 0.6 is 0 Å². The Morgan fingerprint density at radius 2 is 0.649 bits per heavy atom. The molecule has 0 radical (unpaired) electrons. The van der Waals surface area contributed by atoms with Gasteiger partial charge in [0.05, 0.1) is 0 Å². The molecule has 57 heavy (non-hydrogen) atoms. The Kier molecular flexibility index (Phi) is 44.4. The highest BCUT2D eigenvalue weighted by molar-refractivity contribution is 5.71. The Morgan fingerprint density at radius 3 is 1.07 bits per heavy atom. The van der Waals surface area contributed by atoms with E-state index in [-0.39, 0.29) is 31.1 Å². The lowest BCUT2D eigenvalue weighted by atomic mass is 10.0. The second-order valence-electron chi connectivity index (χ2n) is 16.4. The van der Waals surface area contributed by atoms with Gasteiger partial charge < -0.3 is 14.2 Å². The first-order chi connectivity index (χ1) is 28.0. The summed E-state index contributed by atoms with van der Waals surface area (Å²) in [6.07, 6.45) is 52.6. The third-order valence-electron chi connectivity index (χ3n) is 10.6. The van der Waals surface area contributed by atoms with Crippen molar-refractivity contribution in [2.45, 2.75) is 258 Å². The number of ether oxygens (including phenoxy) is 3. The monoisotopic (exact) mass is 801 g/mol. The third-order valence-corrected chi connectivity index (χ3v) is 10.6. The summed E-state index contributed by atoms with van der Waals surface area (Å²) < 4.78 is 16.7. The van der Waals surface area contributed by atoms with Gasteiger partial charge in [-0.25, -0.2) is 0 Å². The highest BCUT2D eigenvalue weighted by Gasteiger charge is 2.19. The molecule has 0 saturated carbocycles. The summed E-state index contributed by atoms with van der Waals surface area (Å²) in [6, 6.07) is 0. The summed E-state index contributed by atoms with van der Waals surface area (Å²) in [6.45, 7) is 6.56. The molecule has 0 spiro atoms. The maximum absolute atomic E-state index is 12.7. The number of hydrogen-bond acceptors (Lipinski definition) is 6. The van der Waals surface area contributed by atoms with Gasteiger partial charge in [-0.15, -0.1) is 0 Å². The molecule has 1 atom stereocenters. The topological polar surface area (TPSA) is 78.9 Å². The second-order valence-corrected chi connectivity index (χ2v) is 16.4. The predicted molar refractivity (Wildman–Crippen MR) is 242 cm³/mol. The van der Waals surface area contributed by atoms with E-state index in [9.17, 15) is 14.4 Å². The van der Waals surface area contributed by atoms with Gasteiger partial charge in [-0.1, -0.05) is 198 Å². The number of allylic oxidation sites excluding steroid dienone is 6. The molecule has 6 nitrogen and oxygen atoms in total. The number of carbonyl (C=O) groups is 3. The summed E-state index contributed by atoms with van der Waals surface area (Å²) in [7, 11) is 0. The summed E-state index contributed by atoms with van der Waals surface area (Å²) >= 11 is 0. The van der Waals surface area contributed by atoms with E-state index in [1.807, 2.05) is 0 Å². The van der Waals surface area contributed by atoms with Gasteiger partial charge >= 0.3 is 17.9 Å². The number of esters is 3. The maximum Gasteiger partial charge on any atom is 0.306 e. The fourth-order valence-electron chi connectivity index (χ4n) is 6.86. The van der Waals surface area contributed by atoms with Gasteiger partial charge in [0.15, 0.2) is 6.10 Å². The average Bonchev–Trinajstić information content (AvgIpc) is 3.21. The van der Waals surface area contributed by atoms with Crippen molar-refractivity contribution >= 4 is 17.9 Å². The minimum absolute atomic E-state index is 0.0789. The molecule has 332 valence electrons. The molecule has 0 aromatic carbocycles. The Balaban J connectivity index is 4.38. The van der Waals surface area contributed by atoms with Crippen molar-refractivity contribution in [2.75, 3.05) is 13.2 Å². The van der Waals surface area contributed by atoms with Crippen LogP contribution < -0.4 is 0 Å². The molecule has 0 saturated heterocycles. The first-order valence-electron chi connectivity index (χ1n) is 24.5. The van der Waals surface area contributed by atoms with Crippen molar-refractivity contribution in [3.8, 4) is 0 Å². The largest absolute Gasteiger partial charge is 0.462 e. The molecule has 0 fully saturated rings. The van der Waals surface area contributed by atoms with Gasteiger partial charge in [0.2, 0.25) is 0 Å². The molecule has 0 heterocycles. The van der Waals surface area contributed by atoms with Crippen LogP contribution in [0.3, 0.4) is 0 Å². The van der Waals surface area contributed by atoms with Crippen LogP contribution in [-0.4, -0.2) is 37.2 Å². The van der Waals surface area contributed by atoms with Crippen LogP contribution in [0.25, 0.3) is 0 Å². The minimum atomic E-state index is -0.776. The lowest BCUT2D eigenvalue weighted by Crippen LogP contribution is -2.30. The number of carbonyl (C=O) groups excluding carboxylic acids is 3.